The van der Waals surface area contributed by atoms with Crippen LogP contribution >= 0.6 is 11.6 Å². The Morgan fingerprint density at radius 3 is 2.55 bits per heavy atom. The number of nitrogens with two attached hydrogens (primary N) is 1. The monoisotopic (exact) mass is 288 g/mol. The molecule has 0 radical (unpaired) electrons. The highest BCUT2D eigenvalue weighted by atomic mass is 35.5. The fourth-order valence-electron chi connectivity index (χ4n) is 1.98. The van der Waals surface area contributed by atoms with Gasteiger partial charge < -0.3 is 11.1 Å². The zero-order chi connectivity index (χ0) is 14.5. The van der Waals surface area contributed by atoms with Crippen LogP contribution in [0.1, 0.15) is 29.3 Å². The van der Waals surface area contributed by atoms with E-state index in [2.05, 4.69) is 12.2 Å². The number of halogens is 1. The first-order valence-corrected chi connectivity index (χ1v) is 6.94. The van der Waals surface area contributed by atoms with Crippen molar-refractivity contribution in [3.8, 4) is 0 Å². The summed E-state index contributed by atoms with van der Waals surface area (Å²) in [5.74, 6) is -0.256. The maximum absolute atomic E-state index is 12.1. The minimum atomic E-state index is -0.256. The lowest BCUT2D eigenvalue weighted by Gasteiger charge is -2.09. The molecule has 0 aromatic heterocycles. The molecule has 0 heterocycles. The molecule has 0 aliphatic heterocycles. The van der Waals surface area contributed by atoms with Crippen LogP contribution in [0.5, 0.6) is 0 Å². The summed E-state index contributed by atoms with van der Waals surface area (Å²) in [4.78, 5) is 12.1. The molecule has 0 atom stereocenters. The van der Waals surface area contributed by atoms with E-state index in [1.54, 1.807) is 18.2 Å². The van der Waals surface area contributed by atoms with Crippen LogP contribution in [-0.4, -0.2) is 5.91 Å². The average Bonchev–Trinajstić information content (AvgIpc) is 2.44. The first-order valence-electron chi connectivity index (χ1n) is 6.56. The highest BCUT2D eigenvalue weighted by Crippen LogP contribution is 2.23. The Bertz CT molecular complexity index is 608. The van der Waals surface area contributed by atoms with Crippen LogP contribution in [-0.2, 0) is 6.42 Å². The summed E-state index contributed by atoms with van der Waals surface area (Å²) in [5.41, 5.74) is 8.49. The number of hydrogen-bond acceptors (Lipinski definition) is 2. The number of nitrogens with one attached hydrogen (secondary N) is 1. The van der Waals surface area contributed by atoms with Gasteiger partial charge in [-0.2, -0.15) is 0 Å². The maximum atomic E-state index is 12.1. The maximum Gasteiger partial charge on any atom is 0.257 e. The number of nitrogen functional groups attached to an aromatic ring is 1. The Labute approximate surface area is 123 Å². The number of aryl methyl sites for hydroxylation is 1. The molecular formula is C16H17ClN2O. The summed E-state index contributed by atoms with van der Waals surface area (Å²) in [7, 11) is 0. The predicted octanol–water partition coefficient (Wildman–Crippen LogP) is 4.13. The first-order chi connectivity index (χ1) is 9.61. The van der Waals surface area contributed by atoms with Crippen LogP contribution in [0.4, 0.5) is 11.4 Å². The normalized spacial score (nSPS) is 10.3. The Morgan fingerprint density at radius 2 is 1.90 bits per heavy atom. The van der Waals surface area contributed by atoms with Gasteiger partial charge in [0.25, 0.3) is 5.91 Å². The molecule has 4 heteroatoms. The van der Waals surface area contributed by atoms with Gasteiger partial charge in [0.2, 0.25) is 0 Å². The van der Waals surface area contributed by atoms with E-state index in [9.17, 15) is 4.79 Å². The number of anilines is 2. The van der Waals surface area contributed by atoms with Gasteiger partial charge in [-0.3, -0.25) is 4.79 Å². The molecule has 2 aromatic rings. The van der Waals surface area contributed by atoms with Gasteiger partial charge in [-0.15, -0.1) is 0 Å². The summed E-state index contributed by atoms with van der Waals surface area (Å²) >= 11 is 5.91. The molecule has 1 amide bonds. The van der Waals surface area contributed by atoms with Crippen molar-refractivity contribution in [2.24, 2.45) is 0 Å². The van der Waals surface area contributed by atoms with E-state index in [-0.39, 0.29) is 5.91 Å². The molecule has 0 aliphatic rings. The van der Waals surface area contributed by atoms with E-state index < -0.39 is 0 Å². The van der Waals surface area contributed by atoms with E-state index in [0.29, 0.717) is 16.3 Å². The van der Waals surface area contributed by atoms with Crippen molar-refractivity contribution in [3.05, 3.63) is 58.6 Å². The lowest BCUT2D eigenvalue weighted by Crippen LogP contribution is -2.14. The van der Waals surface area contributed by atoms with Gasteiger partial charge in [0, 0.05) is 5.69 Å². The van der Waals surface area contributed by atoms with Crippen molar-refractivity contribution < 1.29 is 4.79 Å². The SMILES string of the molecule is CCCc1ccc(NC(=O)c2cccc(Cl)c2N)cc1. The second-order valence-corrected chi connectivity index (χ2v) is 5.01. The number of carbonyl (C=O) groups excluding carboxylic acids is 1. The summed E-state index contributed by atoms with van der Waals surface area (Å²) in [6.07, 6.45) is 2.14. The third-order valence-corrected chi connectivity index (χ3v) is 3.38. The quantitative estimate of drug-likeness (QED) is 0.831. The zero-order valence-electron chi connectivity index (χ0n) is 11.3. The topological polar surface area (TPSA) is 55.1 Å². The van der Waals surface area contributed by atoms with Gasteiger partial charge in [0.05, 0.1) is 16.3 Å². The fraction of sp³-hybridized carbons (Fsp3) is 0.188. The van der Waals surface area contributed by atoms with Crippen LogP contribution in [0, 0.1) is 0 Å². The lowest BCUT2D eigenvalue weighted by atomic mass is 10.1. The molecule has 20 heavy (non-hydrogen) atoms. The molecule has 0 unspecified atom stereocenters. The average molecular weight is 289 g/mol. The van der Waals surface area contributed by atoms with E-state index in [4.69, 9.17) is 17.3 Å². The van der Waals surface area contributed by atoms with Gasteiger partial charge in [-0.25, -0.2) is 0 Å². The Balaban J connectivity index is 2.13. The van der Waals surface area contributed by atoms with Gasteiger partial charge in [-0.1, -0.05) is 43.1 Å². The van der Waals surface area contributed by atoms with Crippen molar-refractivity contribution in [2.45, 2.75) is 19.8 Å². The van der Waals surface area contributed by atoms with Gasteiger partial charge in [-0.05, 0) is 36.2 Å². The fourth-order valence-corrected chi connectivity index (χ4v) is 2.15. The van der Waals surface area contributed by atoms with Gasteiger partial charge >= 0.3 is 0 Å². The van der Waals surface area contributed by atoms with Crippen molar-refractivity contribution in [3.63, 3.8) is 0 Å². The van der Waals surface area contributed by atoms with Crippen LogP contribution in [0.2, 0.25) is 5.02 Å². The Morgan fingerprint density at radius 1 is 1.20 bits per heavy atom. The predicted molar refractivity (Wildman–Crippen MR) is 84.3 cm³/mol. The van der Waals surface area contributed by atoms with E-state index in [1.807, 2.05) is 24.3 Å². The zero-order valence-corrected chi connectivity index (χ0v) is 12.1. The van der Waals surface area contributed by atoms with Crippen LogP contribution in [0.25, 0.3) is 0 Å². The first kappa shape index (κ1) is 14.4. The van der Waals surface area contributed by atoms with Crippen molar-refractivity contribution in [1.29, 1.82) is 0 Å². The molecule has 2 aromatic carbocycles. The van der Waals surface area contributed by atoms with Crippen molar-refractivity contribution >= 4 is 28.9 Å². The van der Waals surface area contributed by atoms with Crippen LogP contribution in [0.3, 0.4) is 0 Å². The molecule has 2 rings (SSSR count). The van der Waals surface area contributed by atoms with Crippen molar-refractivity contribution in [2.75, 3.05) is 11.1 Å². The summed E-state index contributed by atoms with van der Waals surface area (Å²) in [6, 6.07) is 12.8. The van der Waals surface area contributed by atoms with E-state index in [0.717, 1.165) is 18.5 Å². The molecule has 0 saturated carbocycles. The molecule has 3 N–H and O–H groups in total. The molecular weight excluding hydrogens is 272 g/mol. The summed E-state index contributed by atoms with van der Waals surface area (Å²) in [5, 5.41) is 3.20. The highest BCUT2D eigenvalue weighted by molar-refractivity contribution is 6.34. The van der Waals surface area contributed by atoms with E-state index >= 15 is 0 Å². The molecule has 0 saturated heterocycles. The summed E-state index contributed by atoms with van der Waals surface area (Å²) < 4.78 is 0. The second kappa shape index (κ2) is 6.44. The number of rotatable bonds is 4. The molecule has 104 valence electrons. The van der Waals surface area contributed by atoms with Crippen molar-refractivity contribution in [1.82, 2.24) is 0 Å². The number of para-hydroxylation sites is 1. The minimum absolute atomic E-state index is 0.256. The highest BCUT2D eigenvalue weighted by Gasteiger charge is 2.11. The molecule has 3 nitrogen and oxygen atoms in total. The third-order valence-electron chi connectivity index (χ3n) is 3.05. The largest absolute Gasteiger partial charge is 0.397 e. The van der Waals surface area contributed by atoms with Crippen LogP contribution < -0.4 is 11.1 Å². The number of benzene rings is 2. The smallest absolute Gasteiger partial charge is 0.257 e. The van der Waals surface area contributed by atoms with E-state index in [1.165, 1.54) is 5.56 Å². The third kappa shape index (κ3) is 3.31. The Hall–Kier alpha value is -2.00. The van der Waals surface area contributed by atoms with Gasteiger partial charge in [0.15, 0.2) is 0 Å². The number of hydrogen-bond donors (Lipinski definition) is 2. The Kier molecular flexibility index (Phi) is 4.64. The minimum Gasteiger partial charge on any atom is -0.397 e. The lowest BCUT2D eigenvalue weighted by molar-refractivity contribution is 0.102. The van der Waals surface area contributed by atoms with Crippen LogP contribution in [0.15, 0.2) is 42.5 Å². The summed E-state index contributed by atoms with van der Waals surface area (Å²) in [6.45, 7) is 2.14. The second-order valence-electron chi connectivity index (χ2n) is 4.60. The molecule has 0 spiro atoms. The number of amides is 1. The molecule has 0 aliphatic carbocycles. The standard InChI is InChI=1S/C16H17ClN2O/c1-2-4-11-7-9-12(10-8-11)19-16(20)13-5-3-6-14(17)15(13)18/h3,5-10H,2,4,18H2,1H3,(H,19,20). The molecule has 0 fully saturated rings. The van der Waals surface area contributed by atoms with Gasteiger partial charge in [0.1, 0.15) is 0 Å². The number of carbonyl (C=O) groups is 1. The molecule has 0 bridgehead atoms.